The van der Waals surface area contributed by atoms with Crippen LogP contribution < -0.4 is 15.4 Å². The number of ether oxygens (including phenoxy) is 1. The third-order valence-electron chi connectivity index (χ3n) is 4.62. The smallest absolute Gasteiger partial charge is 0.230 e. The van der Waals surface area contributed by atoms with Crippen molar-refractivity contribution in [2.24, 2.45) is 0 Å². The van der Waals surface area contributed by atoms with Gasteiger partial charge in [0.1, 0.15) is 23.5 Å². The van der Waals surface area contributed by atoms with Crippen molar-refractivity contribution in [3.8, 4) is 11.8 Å². The van der Waals surface area contributed by atoms with Gasteiger partial charge in [0, 0.05) is 18.2 Å². The first-order chi connectivity index (χ1) is 15.5. The molecular weight excluding hydrogens is 416 g/mol. The number of amides is 1. The molecule has 7 nitrogen and oxygen atoms in total. The average molecular weight is 437 g/mol. The number of rotatable bonds is 9. The van der Waals surface area contributed by atoms with Gasteiger partial charge < -0.3 is 15.4 Å². The predicted molar refractivity (Wildman–Crippen MR) is 114 cm³/mol. The quantitative estimate of drug-likeness (QED) is 0.499. The van der Waals surface area contributed by atoms with Crippen LogP contribution in [0.5, 0.6) is 5.75 Å². The van der Waals surface area contributed by atoms with Gasteiger partial charge >= 0.3 is 0 Å². The third-order valence-corrected chi connectivity index (χ3v) is 4.62. The van der Waals surface area contributed by atoms with Crippen LogP contribution in [0.25, 0.3) is 0 Å². The van der Waals surface area contributed by atoms with E-state index in [2.05, 4.69) is 20.6 Å². The third kappa shape index (κ3) is 6.30. The van der Waals surface area contributed by atoms with E-state index in [-0.39, 0.29) is 24.6 Å². The lowest BCUT2D eigenvalue weighted by atomic mass is 10.1. The number of anilines is 1. The second-order valence-corrected chi connectivity index (χ2v) is 6.93. The normalized spacial score (nSPS) is 10.4. The molecule has 3 aromatic rings. The molecule has 1 heterocycles. The fraction of sp³-hybridized carbons (Fsp3) is 0.217. The standard InChI is InChI=1S/C23H21F2N5O2/c1-32-22-8-15(6-7-27-12-16-3-4-17(24)9-20(16)25)2-5-21(22)30-23(31)10-18-13-29-19(11-26)14-28-18/h2-5,8-9,13-14,27H,6-7,10,12H2,1H3,(H,30,31). The molecule has 0 aliphatic carbocycles. The van der Waals surface area contributed by atoms with Crippen LogP contribution in [0, 0.1) is 23.0 Å². The summed E-state index contributed by atoms with van der Waals surface area (Å²) in [5.41, 5.74) is 2.51. The molecule has 0 atom stereocenters. The van der Waals surface area contributed by atoms with Gasteiger partial charge in [-0.05, 0) is 36.7 Å². The van der Waals surface area contributed by atoms with Crippen LogP contribution in [-0.2, 0) is 24.2 Å². The summed E-state index contributed by atoms with van der Waals surface area (Å²) < 4.78 is 32.0. The van der Waals surface area contributed by atoms with E-state index in [1.165, 1.54) is 31.6 Å². The summed E-state index contributed by atoms with van der Waals surface area (Å²) in [6.45, 7) is 0.860. The van der Waals surface area contributed by atoms with Crippen LogP contribution in [0.2, 0.25) is 0 Å². The van der Waals surface area contributed by atoms with E-state index in [1.807, 2.05) is 18.2 Å². The Bertz CT molecular complexity index is 1130. The number of nitriles is 1. The molecule has 0 spiro atoms. The lowest BCUT2D eigenvalue weighted by molar-refractivity contribution is -0.115. The minimum atomic E-state index is -0.602. The maximum absolute atomic E-state index is 13.7. The molecule has 1 aromatic heterocycles. The monoisotopic (exact) mass is 437 g/mol. The number of aromatic nitrogens is 2. The van der Waals surface area contributed by atoms with Crippen LogP contribution in [0.4, 0.5) is 14.5 Å². The zero-order valence-corrected chi connectivity index (χ0v) is 17.4. The number of carbonyl (C=O) groups is 1. The topological polar surface area (TPSA) is 99.9 Å². The molecule has 2 aromatic carbocycles. The van der Waals surface area contributed by atoms with E-state index < -0.39 is 11.6 Å². The molecule has 3 rings (SSSR count). The van der Waals surface area contributed by atoms with Gasteiger partial charge in [-0.1, -0.05) is 12.1 Å². The average Bonchev–Trinajstić information content (AvgIpc) is 2.79. The Hall–Kier alpha value is -3.90. The highest BCUT2D eigenvalue weighted by molar-refractivity contribution is 5.93. The Balaban J connectivity index is 1.53. The van der Waals surface area contributed by atoms with E-state index in [9.17, 15) is 13.6 Å². The minimum Gasteiger partial charge on any atom is -0.495 e. The fourth-order valence-electron chi connectivity index (χ4n) is 2.98. The van der Waals surface area contributed by atoms with Gasteiger partial charge in [-0.3, -0.25) is 9.78 Å². The molecule has 0 aliphatic heterocycles. The lowest BCUT2D eigenvalue weighted by Crippen LogP contribution is -2.18. The summed E-state index contributed by atoms with van der Waals surface area (Å²) in [4.78, 5) is 20.2. The second kappa shape index (κ2) is 10.9. The van der Waals surface area contributed by atoms with Gasteiger partial charge in [-0.15, -0.1) is 0 Å². The zero-order valence-electron chi connectivity index (χ0n) is 17.4. The number of nitrogens with one attached hydrogen (secondary N) is 2. The van der Waals surface area contributed by atoms with Gasteiger partial charge in [-0.25, -0.2) is 13.8 Å². The summed E-state index contributed by atoms with van der Waals surface area (Å²) in [7, 11) is 1.51. The molecule has 2 N–H and O–H groups in total. The largest absolute Gasteiger partial charge is 0.495 e. The summed E-state index contributed by atoms with van der Waals surface area (Å²) in [6.07, 6.45) is 3.36. The molecule has 164 valence electrons. The van der Waals surface area contributed by atoms with Crippen molar-refractivity contribution in [3.63, 3.8) is 0 Å². The Morgan fingerprint density at radius 3 is 2.69 bits per heavy atom. The summed E-state index contributed by atoms with van der Waals surface area (Å²) in [5, 5.41) is 14.7. The van der Waals surface area contributed by atoms with Crippen LogP contribution in [0.15, 0.2) is 48.8 Å². The van der Waals surface area contributed by atoms with Crippen molar-refractivity contribution in [3.05, 3.63) is 82.9 Å². The molecule has 0 bridgehead atoms. The highest BCUT2D eigenvalue weighted by Crippen LogP contribution is 2.26. The number of hydrogen-bond acceptors (Lipinski definition) is 6. The number of methoxy groups -OCH3 is 1. The number of nitrogens with zero attached hydrogens (tertiary/aromatic N) is 3. The number of benzene rings is 2. The van der Waals surface area contributed by atoms with Gasteiger partial charge in [0.05, 0.1) is 37.3 Å². The van der Waals surface area contributed by atoms with Gasteiger partial charge in [0.2, 0.25) is 5.91 Å². The Kier molecular flexibility index (Phi) is 7.78. The molecule has 0 saturated heterocycles. The summed E-state index contributed by atoms with van der Waals surface area (Å²) in [5.74, 6) is -0.967. The van der Waals surface area contributed by atoms with E-state index in [1.54, 1.807) is 6.07 Å². The number of carbonyl (C=O) groups excluding carboxylic acids is 1. The molecular formula is C23H21F2N5O2. The first-order valence-corrected chi connectivity index (χ1v) is 9.81. The van der Waals surface area contributed by atoms with Crippen molar-refractivity contribution < 1.29 is 18.3 Å². The SMILES string of the molecule is COc1cc(CCNCc2ccc(F)cc2F)ccc1NC(=O)Cc1cnc(C#N)cn1. The zero-order chi connectivity index (χ0) is 22.9. The molecule has 0 fully saturated rings. The molecule has 0 saturated carbocycles. The van der Waals surface area contributed by atoms with Gasteiger partial charge in [-0.2, -0.15) is 5.26 Å². The Morgan fingerprint density at radius 2 is 2.00 bits per heavy atom. The Labute approximate surface area is 184 Å². The molecule has 9 heteroatoms. The minimum absolute atomic E-state index is 0.00742. The van der Waals surface area contributed by atoms with Crippen molar-refractivity contribution >= 4 is 11.6 Å². The van der Waals surface area contributed by atoms with E-state index >= 15 is 0 Å². The first-order valence-electron chi connectivity index (χ1n) is 9.81. The van der Waals surface area contributed by atoms with Crippen LogP contribution in [-0.4, -0.2) is 29.5 Å². The Morgan fingerprint density at radius 1 is 1.16 bits per heavy atom. The van der Waals surface area contributed by atoms with Crippen molar-refractivity contribution in [2.45, 2.75) is 19.4 Å². The second-order valence-electron chi connectivity index (χ2n) is 6.93. The molecule has 32 heavy (non-hydrogen) atoms. The van der Waals surface area contributed by atoms with E-state index in [4.69, 9.17) is 10.00 Å². The van der Waals surface area contributed by atoms with E-state index in [0.717, 1.165) is 11.6 Å². The maximum atomic E-state index is 13.7. The number of halogens is 2. The summed E-state index contributed by atoms with van der Waals surface area (Å²) >= 11 is 0. The molecule has 0 aliphatic rings. The number of hydrogen-bond donors (Lipinski definition) is 2. The lowest BCUT2D eigenvalue weighted by Gasteiger charge is -2.12. The molecule has 1 amide bonds. The van der Waals surface area contributed by atoms with Gasteiger partial charge in [0.25, 0.3) is 0 Å². The van der Waals surface area contributed by atoms with E-state index in [0.29, 0.717) is 35.7 Å². The van der Waals surface area contributed by atoms with Crippen LogP contribution >= 0.6 is 0 Å². The molecule has 0 unspecified atom stereocenters. The van der Waals surface area contributed by atoms with Crippen molar-refractivity contribution in [2.75, 3.05) is 19.0 Å². The first kappa shape index (κ1) is 22.8. The molecule has 0 radical (unpaired) electrons. The van der Waals surface area contributed by atoms with Gasteiger partial charge in [0.15, 0.2) is 5.69 Å². The maximum Gasteiger partial charge on any atom is 0.230 e. The van der Waals surface area contributed by atoms with Crippen LogP contribution in [0.3, 0.4) is 0 Å². The van der Waals surface area contributed by atoms with Crippen molar-refractivity contribution in [1.29, 1.82) is 5.26 Å². The fourth-order valence-corrected chi connectivity index (χ4v) is 2.98. The summed E-state index contributed by atoms with van der Waals surface area (Å²) in [6, 6.07) is 10.8. The predicted octanol–water partition coefficient (Wildman–Crippen LogP) is 3.15. The highest BCUT2D eigenvalue weighted by Gasteiger charge is 2.11. The van der Waals surface area contributed by atoms with Crippen molar-refractivity contribution in [1.82, 2.24) is 15.3 Å². The van der Waals surface area contributed by atoms with Crippen LogP contribution in [0.1, 0.15) is 22.5 Å². The highest BCUT2D eigenvalue weighted by atomic mass is 19.1.